The largest absolute Gasteiger partial charge is 0.417 e. The van der Waals surface area contributed by atoms with Gasteiger partial charge in [-0.2, -0.15) is 50.0 Å². The van der Waals surface area contributed by atoms with Gasteiger partial charge in [-0.1, -0.05) is 42.5 Å². The summed E-state index contributed by atoms with van der Waals surface area (Å²) in [5.41, 5.74) is -3.40. The highest BCUT2D eigenvalue weighted by Gasteiger charge is 2.36. The zero-order chi connectivity index (χ0) is 38.3. The fourth-order valence-corrected chi connectivity index (χ4v) is 7.23. The van der Waals surface area contributed by atoms with Crippen molar-refractivity contribution in [1.29, 1.82) is 10.5 Å². The fraction of sp³-hybridized carbons (Fsp3) is 0.0732. The highest BCUT2D eigenvalue weighted by molar-refractivity contribution is 6.11. The molecule has 2 aromatic heterocycles. The number of alkyl halides is 9. The van der Waals surface area contributed by atoms with E-state index in [-0.39, 0.29) is 49.9 Å². The van der Waals surface area contributed by atoms with Crippen molar-refractivity contribution in [2.75, 3.05) is 0 Å². The number of rotatable bonds is 3. The quantitative estimate of drug-likeness (QED) is 0.170. The number of fused-ring (bicyclic) bond motifs is 6. The Labute approximate surface area is 298 Å². The van der Waals surface area contributed by atoms with Crippen molar-refractivity contribution in [3.63, 3.8) is 0 Å². The van der Waals surface area contributed by atoms with Crippen molar-refractivity contribution in [1.82, 2.24) is 9.13 Å². The first-order valence-electron chi connectivity index (χ1n) is 16.0. The van der Waals surface area contributed by atoms with E-state index in [1.54, 1.807) is 48.5 Å². The maximum atomic E-state index is 14.7. The van der Waals surface area contributed by atoms with Crippen molar-refractivity contribution < 1.29 is 39.5 Å². The second-order valence-electron chi connectivity index (χ2n) is 12.5. The highest BCUT2D eigenvalue weighted by atomic mass is 19.4. The second kappa shape index (κ2) is 11.9. The van der Waals surface area contributed by atoms with Crippen LogP contribution in [0.3, 0.4) is 0 Å². The van der Waals surface area contributed by atoms with Crippen LogP contribution in [0.25, 0.3) is 66.1 Å². The summed E-state index contributed by atoms with van der Waals surface area (Å²) >= 11 is 0. The van der Waals surface area contributed by atoms with Crippen LogP contribution in [0.15, 0.2) is 115 Å². The molecule has 0 atom stereocenters. The maximum absolute atomic E-state index is 14.7. The number of hydrogen-bond acceptors (Lipinski definition) is 2. The minimum absolute atomic E-state index is 0.0466. The third-order valence-corrected chi connectivity index (χ3v) is 9.47. The molecule has 0 aliphatic rings. The monoisotopic (exact) mass is 738 g/mol. The Morgan fingerprint density at radius 2 is 0.907 bits per heavy atom. The average Bonchev–Trinajstić information content (AvgIpc) is 3.65. The molecule has 0 bridgehead atoms. The highest BCUT2D eigenvalue weighted by Crippen LogP contribution is 2.45. The van der Waals surface area contributed by atoms with Crippen LogP contribution in [0, 0.1) is 22.7 Å². The van der Waals surface area contributed by atoms with E-state index in [9.17, 15) is 50.0 Å². The summed E-state index contributed by atoms with van der Waals surface area (Å²) in [5.74, 6) is 0. The molecule has 0 N–H and O–H groups in total. The molecule has 0 spiro atoms. The van der Waals surface area contributed by atoms with Gasteiger partial charge in [0.2, 0.25) is 0 Å². The molecule has 0 amide bonds. The first-order valence-corrected chi connectivity index (χ1v) is 16.0. The lowest BCUT2D eigenvalue weighted by Crippen LogP contribution is -2.10. The molecule has 0 fully saturated rings. The van der Waals surface area contributed by atoms with Crippen molar-refractivity contribution in [2.45, 2.75) is 18.5 Å². The van der Waals surface area contributed by atoms with Gasteiger partial charge in [0.1, 0.15) is 11.6 Å². The molecule has 266 valence electrons. The van der Waals surface area contributed by atoms with E-state index >= 15 is 0 Å². The molecule has 54 heavy (non-hydrogen) atoms. The molecule has 0 unspecified atom stereocenters. The molecule has 8 aromatic rings. The third-order valence-electron chi connectivity index (χ3n) is 9.47. The van der Waals surface area contributed by atoms with Crippen LogP contribution < -0.4 is 0 Å². The van der Waals surface area contributed by atoms with Gasteiger partial charge in [-0.15, -0.1) is 0 Å². The van der Waals surface area contributed by atoms with Crippen LogP contribution in [-0.4, -0.2) is 9.13 Å². The molecular formula is C41H19F9N4. The summed E-state index contributed by atoms with van der Waals surface area (Å²) < 4.78 is 131. The van der Waals surface area contributed by atoms with Crippen LogP contribution >= 0.6 is 0 Å². The molecule has 13 heteroatoms. The number of benzene rings is 6. The Hall–Kier alpha value is -6.73. The predicted octanol–water partition coefficient (Wildman–Crippen LogP) is 12.3. The lowest BCUT2D eigenvalue weighted by atomic mass is 9.92. The van der Waals surface area contributed by atoms with Crippen LogP contribution in [0.4, 0.5) is 39.5 Å². The van der Waals surface area contributed by atoms with E-state index in [0.29, 0.717) is 21.8 Å². The molecule has 0 radical (unpaired) electrons. The molecule has 6 aromatic carbocycles. The average molecular weight is 739 g/mol. The number of hydrogen-bond donors (Lipinski definition) is 0. The Kier molecular flexibility index (Phi) is 7.57. The number of halogens is 9. The Bertz CT molecular complexity index is 2780. The van der Waals surface area contributed by atoms with Gasteiger partial charge in [-0.05, 0) is 78.4 Å². The topological polar surface area (TPSA) is 57.4 Å². The summed E-state index contributed by atoms with van der Waals surface area (Å²) in [6.07, 6.45) is -14.4. The van der Waals surface area contributed by atoms with E-state index in [4.69, 9.17) is 0 Å². The Balaban J connectivity index is 1.58. The van der Waals surface area contributed by atoms with Crippen molar-refractivity contribution in [2.24, 2.45) is 0 Å². The predicted molar refractivity (Wildman–Crippen MR) is 185 cm³/mol. The van der Waals surface area contributed by atoms with Gasteiger partial charge in [0, 0.05) is 27.1 Å². The lowest BCUT2D eigenvalue weighted by molar-refractivity contribution is -0.138. The van der Waals surface area contributed by atoms with Gasteiger partial charge in [-0.3, -0.25) is 0 Å². The van der Waals surface area contributed by atoms with Crippen LogP contribution in [0.5, 0.6) is 0 Å². The molecule has 0 aliphatic heterocycles. The van der Waals surface area contributed by atoms with Crippen LogP contribution in [0.1, 0.15) is 27.8 Å². The Morgan fingerprint density at radius 1 is 0.444 bits per heavy atom. The second-order valence-corrected chi connectivity index (χ2v) is 12.5. The molecule has 0 saturated carbocycles. The summed E-state index contributed by atoms with van der Waals surface area (Å²) in [4.78, 5) is 0. The van der Waals surface area contributed by atoms with Crippen molar-refractivity contribution in [3.05, 3.63) is 143 Å². The lowest BCUT2D eigenvalue weighted by Gasteiger charge is -2.20. The van der Waals surface area contributed by atoms with Crippen LogP contribution in [-0.2, 0) is 18.5 Å². The molecule has 8 rings (SSSR count). The van der Waals surface area contributed by atoms with Gasteiger partial charge in [0.15, 0.2) is 0 Å². The SMILES string of the molecule is N#Cc1cccc(C(F)(F)F)c1-c1cc(-n2c3ccccc3c3cc(C(F)(F)F)ccc32)c(C#N)c(-n2c3ccccc3c3cc(C(F)(F)F)ccc32)c1. The maximum Gasteiger partial charge on any atom is 0.417 e. The first-order chi connectivity index (χ1) is 25.6. The minimum Gasteiger partial charge on any atom is -0.308 e. The van der Waals surface area contributed by atoms with Crippen molar-refractivity contribution >= 4 is 43.6 Å². The zero-order valence-electron chi connectivity index (χ0n) is 27.2. The van der Waals surface area contributed by atoms with Gasteiger partial charge in [-0.25, -0.2) is 0 Å². The molecule has 0 saturated heterocycles. The number of para-hydroxylation sites is 2. The molecule has 0 aliphatic carbocycles. The van der Waals surface area contributed by atoms with E-state index < -0.39 is 40.8 Å². The molecular weight excluding hydrogens is 719 g/mol. The minimum atomic E-state index is -4.96. The fourth-order valence-electron chi connectivity index (χ4n) is 7.23. The Morgan fingerprint density at radius 3 is 1.33 bits per heavy atom. The number of nitriles is 2. The van der Waals surface area contributed by atoms with Gasteiger partial charge < -0.3 is 9.13 Å². The third kappa shape index (κ3) is 5.31. The van der Waals surface area contributed by atoms with E-state index in [0.717, 1.165) is 36.4 Å². The molecule has 4 nitrogen and oxygen atoms in total. The number of nitrogens with zero attached hydrogens (tertiary/aromatic N) is 4. The summed E-state index contributed by atoms with van der Waals surface area (Å²) in [5, 5.41) is 22.0. The molecule has 2 heterocycles. The normalized spacial score (nSPS) is 12.5. The standard InChI is InChI=1S/C41H19F9N4/c42-39(43,44)24-12-14-34-28(18-24)26-7-1-3-10-32(26)53(34)36-16-23(38-22(20-51)6-5-9-31(38)41(48,49)50)17-37(30(36)21-52)54-33-11-4-2-8-27(33)29-19-25(40(45,46)47)13-15-35(29)54/h1-19H. The first kappa shape index (κ1) is 34.4. The van der Waals surface area contributed by atoms with Crippen LogP contribution in [0.2, 0.25) is 0 Å². The van der Waals surface area contributed by atoms with E-state index in [1.807, 2.05) is 6.07 Å². The van der Waals surface area contributed by atoms with E-state index in [1.165, 1.54) is 39.5 Å². The van der Waals surface area contributed by atoms with E-state index in [2.05, 4.69) is 6.07 Å². The van der Waals surface area contributed by atoms with Gasteiger partial charge >= 0.3 is 18.5 Å². The summed E-state index contributed by atoms with van der Waals surface area (Å²) in [6, 6.07) is 28.3. The smallest absolute Gasteiger partial charge is 0.308 e. The van der Waals surface area contributed by atoms with Gasteiger partial charge in [0.25, 0.3) is 0 Å². The number of aromatic nitrogens is 2. The van der Waals surface area contributed by atoms with Crippen molar-refractivity contribution in [3.8, 4) is 34.6 Å². The summed E-state index contributed by atoms with van der Waals surface area (Å²) in [7, 11) is 0. The van der Waals surface area contributed by atoms with Gasteiger partial charge in [0.05, 0.1) is 61.8 Å². The summed E-state index contributed by atoms with van der Waals surface area (Å²) in [6.45, 7) is 0. The zero-order valence-corrected chi connectivity index (χ0v) is 27.2.